The van der Waals surface area contributed by atoms with Gasteiger partial charge in [-0.3, -0.25) is 0 Å². The first-order valence-corrected chi connectivity index (χ1v) is 5.12. The van der Waals surface area contributed by atoms with Gasteiger partial charge in [0, 0.05) is 0 Å². The van der Waals surface area contributed by atoms with Crippen molar-refractivity contribution in [1.82, 2.24) is 5.32 Å². The van der Waals surface area contributed by atoms with Crippen LogP contribution in [0.3, 0.4) is 0 Å². The van der Waals surface area contributed by atoms with Crippen LogP contribution in [0.15, 0.2) is 0 Å². The molecule has 0 atom stereocenters. The summed E-state index contributed by atoms with van der Waals surface area (Å²) in [6, 6.07) is 0. The molecule has 0 radical (unpaired) electrons. The molecule has 76 valence electrons. The van der Waals surface area contributed by atoms with Crippen molar-refractivity contribution in [2.24, 2.45) is 5.41 Å². The number of unbranched alkanes of at least 4 members (excludes halogenated alkanes) is 1. The van der Waals surface area contributed by atoms with Crippen LogP contribution in [0.2, 0.25) is 0 Å². The lowest BCUT2D eigenvalue weighted by Gasteiger charge is -2.16. The molecular formula is C11H27N. The Kier molecular flexibility index (Phi) is 10.9. The molecule has 0 saturated heterocycles. The average molecular weight is 173 g/mol. The van der Waals surface area contributed by atoms with Crippen molar-refractivity contribution in [2.75, 3.05) is 13.6 Å². The van der Waals surface area contributed by atoms with Crippen LogP contribution in [-0.4, -0.2) is 13.6 Å². The molecule has 1 heteroatoms. The molecule has 0 fully saturated rings. The van der Waals surface area contributed by atoms with Gasteiger partial charge in [-0.1, -0.05) is 47.5 Å². The Morgan fingerprint density at radius 3 is 1.58 bits per heavy atom. The minimum atomic E-state index is 0.552. The van der Waals surface area contributed by atoms with Crippen molar-refractivity contribution in [2.45, 2.75) is 53.9 Å². The highest BCUT2D eigenvalue weighted by Crippen LogP contribution is 2.20. The Morgan fingerprint density at radius 1 is 1.08 bits per heavy atom. The van der Waals surface area contributed by atoms with Crippen LogP contribution in [0, 0.1) is 5.41 Å². The van der Waals surface area contributed by atoms with E-state index in [2.05, 4.69) is 39.9 Å². The van der Waals surface area contributed by atoms with E-state index in [-0.39, 0.29) is 0 Å². The van der Waals surface area contributed by atoms with Crippen LogP contribution >= 0.6 is 0 Å². The van der Waals surface area contributed by atoms with Crippen LogP contribution in [0.4, 0.5) is 0 Å². The van der Waals surface area contributed by atoms with Crippen LogP contribution in [-0.2, 0) is 0 Å². The third-order valence-corrected chi connectivity index (χ3v) is 1.63. The zero-order valence-corrected chi connectivity index (χ0v) is 9.83. The zero-order valence-electron chi connectivity index (χ0n) is 9.83. The van der Waals surface area contributed by atoms with Crippen LogP contribution in [0.5, 0.6) is 0 Å². The summed E-state index contributed by atoms with van der Waals surface area (Å²) < 4.78 is 0. The fourth-order valence-corrected chi connectivity index (χ4v) is 0.707. The summed E-state index contributed by atoms with van der Waals surface area (Å²) in [5, 5.41) is 2.93. The first kappa shape index (κ1) is 14.5. The van der Waals surface area contributed by atoms with E-state index in [0.29, 0.717) is 5.41 Å². The molecule has 0 aromatic heterocycles. The Balaban J connectivity index is 0. The maximum atomic E-state index is 2.93. The minimum Gasteiger partial charge on any atom is -0.320 e. The Morgan fingerprint density at radius 2 is 1.50 bits per heavy atom. The number of nitrogens with one attached hydrogen (secondary N) is 1. The summed E-state index contributed by atoms with van der Waals surface area (Å²) in [6.45, 7) is 12.3. The molecule has 0 spiro atoms. The van der Waals surface area contributed by atoms with Gasteiger partial charge in [0.25, 0.3) is 0 Å². The van der Waals surface area contributed by atoms with Crippen LogP contribution in [0.1, 0.15) is 53.9 Å². The van der Waals surface area contributed by atoms with E-state index in [1.165, 1.54) is 19.3 Å². The van der Waals surface area contributed by atoms with E-state index in [1.807, 2.05) is 7.05 Å². The van der Waals surface area contributed by atoms with Gasteiger partial charge in [-0.05, 0) is 25.4 Å². The number of hydrogen-bond acceptors (Lipinski definition) is 1. The normalized spacial score (nSPS) is 10.5. The lowest BCUT2D eigenvalue weighted by molar-refractivity contribution is 0.363. The Hall–Kier alpha value is -0.0400. The van der Waals surface area contributed by atoms with Gasteiger partial charge in [-0.2, -0.15) is 0 Å². The van der Waals surface area contributed by atoms with E-state index in [4.69, 9.17) is 0 Å². The molecule has 0 rings (SSSR count). The summed E-state index contributed by atoms with van der Waals surface area (Å²) in [5.74, 6) is 0. The molecule has 0 unspecified atom stereocenters. The summed E-state index contributed by atoms with van der Waals surface area (Å²) in [6.07, 6.45) is 4.07. The van der Waals surface area contributed by atoms with Crippen molar-refractivity contribution in [3.63, 3.8) is 0 Å². The van der Waals surface area contributed by atoms with Gasteiger partial charge in [-0.15, -0.1) is 0 Å². The lowest BCUT2D eigenvalue weighted by atomic mass is 9.90. The molecule has 0 aromatic rings. The third-order valence-electron chi connectivity index (χ3n) is 1.63. The van der Waals surface area contributed by atoms with Crippen molar-refractivity contribution in [3.05, 3.63) is 0 Å². The molecule has 1 nitrogen and oxygen atoms in total. The maximum Gasteiger partial charge on any atom is -0.00804 e. The molecule has 12 heavy (non-hydrogen) atoms. The third kappa shape index (κ3) is 22.5. The molecule has 0 heterocycles. The summed E-state index contributed by atoms with van der Waals surface area (Å²) >= 11 is 0. The second kappa shape index (κ2) is 9.05. The smallest absolute Gasteiger partial charge is 0.00804 e. The highest BCUT2D eigenvalue weighted by Gasteiger charge is 2.07. The predicted octanol–water partition coefficient (Wildman–Crippen LogP) is 3.45. The van der Waals surface area contributed by atoms with Gasteiger partial charge in [-0.25, -0.2) is 0 Å². The zero-order chi connectivity index (χ0) is 10.0. The highest BCUT2D eigenvalue weighted by atomic mass is 14.8. The topological polar surface area (TPSA) is 12.0 Å². The van der Waals surface area contributed by atoms with Gasteiger partial charge >= 0.3 is 0 Å². The first-order valence-electron chi connectivity index (χ1n) is 5.12. The molecule has 1 N–H and O–H groups in total. The first-order chi connectivity index (χ1) is 5.47. The number of hydrogen-bond donors (Lipinski definition) is 1. The summed E-state index contributed by atoms with van der Waals surface area (Å²) in [5.41, 5.74) is 0.552. The monoisotopic (exact) mass is 173 g/mol. The van der Waals surface area contributed by atoms with Gasteiger partial charge in [0.05, 0.1) is 0 Å². The SMILES string of the molecule is CCCCC(C)(C)C.CCNC. The second-order valence-electron chi connectivity index (χ2n) is 4.37. The molecule has 0 aliphatic heterocycles. The van der Waals surface area contributed by atoms with Gasteiger partial charge in [0.2, 0.25) is 0 Å². The van der Waals surface area contributed by atoms with Crippen molar-refractivity contribution in [1.29, 1.82) is 0 Å². The Labute approximate surface area is 78.9 Å². The van der Waals surface area contributed by atoms with E-state index in [0.717, 1.165) is 6.54 Å². The molecule has 0 aliphatic carbocycles. The quantitative estimate of drug-likeness (QED) is 0.689. The van der Waals surface area contributed by atoms with Gasteiger partial charge in [0.15, 0.2) is 0 Å². The fourth-order valence-electron chi connectivity index (χ4n) is 0.707. The van der Waals surface area contributed by atoms with E-state index >= 15 is 0 Å². The van der Waals surface area contributed by atoms with Gasteiger partial charge in [0.1, 0.15) is 0 Å². The molecule has 0 aliphatic rings. The van der Waals surface area contributed by atoms with Crippen molar-refractivity contribution >= 4 is 0 Å². The number of rotatable bonds is 3. The fraction of sp³-hybridized carbons (Fsp3) is 1.00. The maximum absolute atomic E-state index is 2.93. The highest BCUT2D eigenvalue weighted by molar-refractivity contribution is 4.59. The predicted molar refractivity (Wildman–Crippen MR) is 58.6 cm³/mol. The minimum absolute atomic E-state index is 0.552. The molecule has 0 saturated carbocycles. The van der Waals surface area contributed by atoms with Crippen molar-refractivity contribution < 1.29 is 0 Å². The largest absolute Gasteiger partial charge is 0.320 e. The van der Waals surface area contributed by atoms with Crippen molar-refractivity contribution in [3.8, 4) is 0 Å². The summed E-state index contributed by atoms with van der Waals surface area (Å²) in [4.78, 5) is 0. The lowest BCUT2D eigenvalue weighted by Crippen LogP contribution is -2.03. The molecule has 0 aromatic carbocycles. The second-order valence-corrected chi connectivity index (χ2v) is 4.37. The van der Waals surface area contributed by atoms with Gasteiger partial charge < -0.3 is 5.32 Å². The molecule has 0 amide bonds. The van der Waals surface area contributed by atoms with Crippen LogP contribution in [0.25, 0.3) is 0 Å². The molecule has 0 bridgehead atoms. The van der Waals surface area contributed by atoms with Crippen LogP contribution < -0.4 is 5.32 Å². The average Bonchev–Trinajstić information content (AvgIpc) is 2.00. The molecular weight excluding hydrogens is 146 g/mol. The summed E-state index contributed by atoms with van der Waals surface area (Å²) in [7, 11) is 1.93. The van der Waals surface area contributed by atoms with E-state index in [1.54, 1.807) is 0 Å². The standard InChI is InChI=1S/C8H18.C3H9N/c1-5-6-7-8(2,3)4;1-3-4-2/h5-7H2,1-4H3;4H,3H2,1-2H3. The Bertz CT molecular complexity index is 69.6. The van der Waals surface area contributed by atoms with E-state index < -0.39 is 0 Å². The van der Waals surface area contributed by atoms with E-state index in [9.17, 15) is 0 Å².